The van der Waals surface area contributed by atoms with Crippen molar-refractivity contribution in [3.05, 3.63) is 30.0 Å². The van der Waals surface area contributed by atoms with Crippen LogP contribution in [0.25, 0.3) is 10.9 Å². The summed E-state index contributed by atoms with van der Waals surface area (Å²) in [5, 5.41) is 1.12. The van der Waals surface area contributed by atoms with Crippen molar-refractivity contribution in [2.75, 3.05) is 27.7 Å². The van der Waals surface area contributed by atoms with Gasteiger partial charge in [0.25, 0.3) is 0 Å². The Morgan fingerprint density at radius 1 is 1.11 bits per heavy atom. The second-order valence-corrected chi connectivity index (χ2v) is 9.15. The molecule has 1 heterocycles. The molecule has 2 aromatic rings. The summed E-state index contributed by atoms with van der Waals surface area (Å²) >= 11 is 0. The number of rotatable bonds is 11. The molecule has 0 amide bonds. The van der Waals surface area contributed by atoms with Gasteiger partial charge in [0.05, 0.1) is 24.8 Å². The first-order valence-electron chi connectivity index (χ1n) is 9.55. The molecule has 0 radical (unpaired) electrons. The third-order valence-corrected chi connectivity index (χ3v) is 5.83. The fourth-order valence-corrected chi connectivity index (χ4v) is 4.33. The number of benzene rings is 1. The van der Waals surface area contributed by atoms with E-state index >= 15 is 0 Å². The predicted molar refractivity (Wildman–Crippen MR) is 112 cm³/mol. The molecule has 0 unspecified atom stereocenters. The molecule has 0 saturated carbocycles. The van der Waals surface area contributed by atoms with Crippen LogP contribution in [0.2, 0.25) is 0 Å². The number of hydrogen-bond donors (Lipinski definition) is 0. The van der Waals surface area contributed by atoms with Gasteiger partial charge in [0.2, 0.25) is 0 Å². The predicted octanol–water partition coefficient (Wildman–Crippen LogP) is 4.69. The minimum atomic E-state index is -3.68. The van der Waals surface area contributed by atoms with E-state index < -0.39 is 7.82 Å². The van der Waals surface area contributed by atoms with Crippen molar-refractivity contribution < 1.29 is 22.9 Å². The molecule has 2 rings (SSSR count). The van der Waals surface area contributed by atoms with E-state index in [2.05, 4.69) is 4.90 Å². The monoisotopic (exact) mass is 412 g/mol. The maximum absolute atomic E-state index is 13.0. The maximum Gasteiger partial charge on any atom is 0.477 e. The molecule has 0 aliphatic heterocycles. The number of aromatic nitrogens is 1. The number of ether oxygens (including phenoxy) is 1. The van der Waals surface area contributed by atoms with Gasteiger partial charge in [0, 0.05) is 24.2 Å². The summed E-state index contributed by atoms with van der Waals surface area (Å²) < 4.78 is 36.9. The number of methoxy groups -OCH3 is 1. The van der Waals surface area contributed by atoms with E-state index in [1.807, 2.05) is 43.1 Å². The molecule has 0 atom stereocenters. The van der Waals surface area contributed by atoms with Gasteiger partial charge in [-0.3, -0.25) is 13.6 Å². The minimum absolute atomic E-state index is 0.0579. The van der Waals surface area contributed by atoms with Crippen molar-refractivity contribution >= 4 is 18.7 Å². The Kier molecular flexibility index (Phi) is 8.10. The quantitative estimate of drug-likeness (QED) is 0.499. The summed E-state index contributed by atoms with van der Waals surface area (Å²) in [4.78, 5) is 2.14. The first-order valence-corrected chi connectivity index (χ1v) is 11.0. The third-order valence-electron chi connectivity index (χ3n) is 4.04. The molecule has 0 aliphatic carbocycles. The second-order valence-electron chi connectivity index (χ2n) is 7.57. The Bertz CT molecular complexity index is 802. The highest BCUT2D eigenvalue weighted by Crippen LogP contribution is 2.52. The molecule has 0 aliphatic rings. The summed E-state index contributed by atoms with van der Waals surface area (Å²) in [5.41, 5.74) is 2.15. The summed E-state index contributed by atoms with van der Waals surface area (Å²) in [6.45, 7) is 8.19. The van der Waals surface area contributed by atoms with E-state index in [0.29, 0.717) is 0 Å². The first-order chi connectivity index (χ1) is 13.1. The van der Waals surface area contributed by atoms with Crippen LogP contribution in [-0.2, 0) is 31.3 Å². The molecule has 0 fully saturated rings. The van der Waals surface area contributed by atoms with Gasteiger partial charge in [-0.2, -0.15) is 0 Å². The van der Waals surface area contributed by atoms with Gasteiger partial charge in [-0.05, 0) is 65.9 Å². The van der Waals surface area contributed by atoms with Crippen LogP contribution in [-0.4, -0.2) is 49.4 Å². The number of phosphoric acid groups is 1. The number of likely N-dealkylation sites (N-methyl/N-ethyl adjacent to an activating group) is 1. The van der Waals surface area contributed by atoms with Gasteiger partial charge >= 0.3 is 7.82 Å². The average molecular weight is 412 g/mol. The summed E-state index contributed by atoms with van der Waals surface area (Å²) in [5.74, 6) is 0.756. The molecule has 0 N–H and O–H groups in total. The normalized spacial score (nSPS) is 12.6. The van der Waals surface area contributed by atoms with Crippen LogP contribution in [0.3, 0.4) is 0 Å². The highest BCUT2D eigenvalue weighted by molar-refractivity contribution is 7.48. The number of fused-ring (bicyclic) bond motifs is 1. The van der Waals surface area contributed by atoms with E-state index in [1.165, 1.54) is 5.56 Å². The van der Waals surface area contributed by atoms with Crippen molar-refractivity contribution in [1.82, 2.24) is 9.47 Å². The number of hydrogen-bond acceptors (Lipinski definition) is 6. The Morgan fingerprint density at radius 3 is 2.29 bits per heavy atom. The molecule has 0 spiro atoms. The largest absolute Gasteiger partial charge is 0.497 e. The van der Waals surface area contributed by atoms with E-state index in [4.69, 9.17) is 18.3 Å². The minimum Gasteiger partial charge on any atom is -0.497 e. The zero-order valence-electron chi connectivity index (χ0n) is 18.0. The average Bonchev–Trinajstić information content (AvgIpc) is 2.93. The lowest BCUT2D eigenvalue weighted by atomic mass is 10.1. The van der Waals surface area contributed by atoms with Crippen LogP contribution in [0.4, 0.5) is 0 Å². The second kappa shape index (κ2) is 9.90. The van der Waals surface area contributed by atoms with Gasteiger partial charge in [0.1, 0.15) is 12.5 Å². The Balaban J connectivity index is 2.32. The van der Waals surface area contributed by atoms with Crippen molar-refractivity contribution in [3.63, 3.8) is 0 Å². The van der Waals surface area contributed by atoms with Crippen LogP contribution in [0.5, 0.6) is 5.75 Å². The lowest BCUT2D eigenvalue weighted by Crippen LogP contribution is -2.15. The highest BCUT2D eigenvalue weighted by Gasteiger charge is 2.30. The summed E-state index contributed by atoms with van der Waals surface area (Å²) in [6, 6.07) is 5.95. The lowest BCUT2D eigenvalue weighted by Gasteiger charge is -2.22. The lowest BCUT2D eigenvalue weighted by molar-refractivity contribution is 0.0563. The smallest absolute Gasteiger partial charge is 0.477 e. The van der Waals surface area contributed by atoms with Crippen molar-refractivity contribution in [1.29, 1.82) is 0 Å². The van der Waals surface area contributed by atoms with Gasteiger partial charge in [-0.25, -0.2) is 4.57 Å². The van der Waals surface area contributed by atoms with Gasteiger partial charge in [-0.1, -0.05) is 0 Å². The zero-order chi connectivity index (χ0) is 20.9. The van der Waals surface area contributed by atoms with Crippen molar-refractivity contribution in [2.24, 2.45) is 0 Å². The molecular weight excluding hydrogens is 379 g/mol. The van der Waals surface area contributed by atoms with Gasteiger partial charge in [0.15, 0.2) is 0 Å². The van der Waals surface area contributed by atoms with Gasteiger partial charge < -0.3 is 14.2 Å². The van der Waals surface area contributed by atoms with E-state index in [-0.39, 0.29) is 18.9 Å². The van der Waals surface area contributed by atoms with Crippen LogP contribution in [0.1, 0.15) is 33.3 Å². The Hall–Kier alpha value is -1.37. The molecule has 28 heavy (non-hydrogen) atoms. The summed E-state index contributed by atoms with van der Waals surface area (Å²) in [7, 11) is 2.06. The molecule has 7 nitrogen and oxygen atoms in total. The van der Waals surface area contributed by atoms with Crippen molar-refractivity contribution in [3.8, 4) is 5.75 Å². The van der Waals surface area contributed by atoms with Crippen LogP contribution >= 0.6 is 7.82 Å². The van der Waals surface area contributed by atoms with E-state index in [1.54, 1.807) is 34.8 Å². The maximum atomic E-state index is 13.0. The van der Waals surface area contributed by atoms with Gasteiger partial charge in [-0.15, -0.1) is 0 Å². The molecule has 8 heteroatoms. The number of phosphoric ester groups is 1. The Labute approximate surface area is 168 Å². The zero-order valence-corrected chi connectivity index (χ0v) is 18.9. The molecule has 0 bridgehead atoms. The molecule has 1 aromatic heterocycles. The van der Waals surface area contributed by atoms with Crippen LogP contribution < -0.4 is 4.74 Å². The molecular formula is C20H33N2O5P. The first kappa shape index (κ1) is 22.9. The molecule has 0 saturated heterocycles. The fraction of sp³-hybridized carbons (Fsp3) is 0.600. The summed E-state index contributed by atoms with van der Waals surface area (Å²) in [6.07, 6.45) is 2.37. The topological polar surface area (TPSA) is 62.2 Å². The molecule has 1 aromatic carbocycles. The van der Waals surface area contributed by atoms with Crippen molar-refractivity contribution in [2.45, 2.75) is 53.1 Å². The van der Waals surface area contributed by atoms with E-state index in [0.717, 1.165) is 29.6 Å². The third kappa shape index (κ3) is 6.33. The number of nitrogens with zero attached hydrogens (tertiary/aromatic N) is 2. The van der Waals surface area contributed by atoms with Crippen LogP contribution in [0.15, 0.2) is 24.4 Å². The van der Waals surface area contributed by atoms with Crippen LogP contribution in [0, 0.1) is 0 Å². The fourth-order valence-electron chi connectivity index (χ4n) is 2.86. The van der Waals surface area contributed by atoms with E-state index in [9.17, 15) is 4.57 Å². The standard InChI is InChI=1S/C20H33N2O5P/c1-15(2)26-28(23,27-16(3)4)25-14-22-13-17(10-11-21(5)6)19-9-8-18(24-7)12-20(19)22/h8-9,12-13,15-16H,10-11,14H2,1-7H3. The molecule has 158 valence electrons. The SMILES string of the molecule is COc1ccc2c(CCN(C)C)cn(COP(=O)(OC(C)C)OC(C)C)c2c1. The Morgan fingerprint density at radius 2 is 1.75 bits per heavy atom. The highest BCUT2D eigenvalue weighted by atomic mass is 31.2.